The lowest BCUT2D eigenvalue weighted by Crippen LogP contribution is -2.50. The molecule has 2 fully saturated rings. The van der Waals surface area contributed by atoms with E-state index in [4.69, 9.17) is 9.47 Å². The van der Waals surface area contributed by atoms with Gasteiger partial charge in [-0.05, 0) is 25.0 Å². The molecule has 1 atom stereocenters. The minimum atomic E-state index is 0.192. The van der Waals surface area contributed by atoms with E-state index in [0.29, 0.717) is 19.1 Å². The molecule has 0 saturated carbocycles. The summed E-state index contributed by atoms with van der Waals surface area (Å²) in [5.74, 6) is 1.01. The minimum Gasteiger partial charge on any atom is -0.493 e. The second-order valence-electron chi connectivity index (χ2n) is 6.23. The van der Waals surface area contributed by atoms with E-state index < -0.39 is 0 Å². The Kier molecular flexibility index (Phi) is 5.88. The normalized spacial score (nSPS) is 22.3. The highest BCUT2D eigenvalue weighted by Gasteiger charge is 2.24. The van der Waals surface area contributed by atoms with Crippen molar-refractivity contribution in [2.75, 3.05) is 45.9 Å². The summed E-state index contributed by atoms with van der Waals surface area (Å²) in [6.45, 7) is 5.90. The van der Waals surface area contributed by atoms with Crippen molar-refractivity contribution in [3.8, 4) is 5.75 Å². The number of nitrogens with zero attached hydrogens (tertiary/aromatic N) is 2. The van der Waals surface area contributed by atoms with Crippen molar-refractivity contribution >= 4 is 5.91 Å². The Labute approximate surface area is 138 Å². The van der Waals surface area contributed by atoms with Crippen molar-refractivity contribution < 1.29 is 14.3 Å². The van der Waals surface area contributed by atoms with Gasteiger partial charge in [0.2, 0.25) is 5.91 Å². The maximum absolute atomic E-state index is 12.2. The number of benzene rings is 1. The van der Waals surface area contributed by atoms with Gasteiger partial charge in [0.1, 0.15) is 5.75 Å². The van der Waals surface area contributed by atoms with E-state index >= 15 is 0 Å². The Morgan fingerprint density at radius 2 is 1.96 bits per heavy atom. The van der Waals surface area contributed by atoms with Crippen LogP contribution >= 0.6 is 0 Å². The zero-order valence-corrected chi connectivity index (χ0v) is 13.7. The van der Waals surface area contributed by atoms with Crippen LogP contribution in [0.25, 0.3) is 0 Å². The monoisotopic (exact) mass is 318 g/mol. The van der Waals surface area contributed by atoms with Gasteiger partial charge in [0.25, 0.3) is 0 Å². The van der Waals surface area contributed by atoms with Crippen LogP contribution in [0.4, 0.5) is 0 Å². The van der Waals surface area contributed by atoms with Gasteiger partial charge >= 0.3 is 0 Å². The summed E-state index contributed by atoms with van der Waals surface area (Å²) >= 11 is 0. The number of rotatable bonds is 6. The van der Waals surface area contributed by atoms with Gasteiger partial charge in [0.15, 0.2) is 0 Å². The van der Waals surface area contributed by atoms with Crippen LogP contribution in [0.3, 0.4) is 0 Å². The third-order valence-corrected chi connectivity index (χ3v) is 4.54. The Morgan fingerprint density at radius 3 is 2.65 bits per heavy atom. The van der Waals surface area contributed by atoms with Crippen LogP contribution in [0.15, 0.2) is 30.3 Å². The molecular formula is C18H26N2O3. The molecule has 3 rings (SSSR count). The lowest BCUT2D eigenvalue weighted by molar-refractivity contribution is -0.133. The van der Waals surface area contributed by atoms with Gasteiger partial charge in [-0.2, -0.15) is 0 Å². The van der Waals surface area contributed by atoms with Crippen LogP contribution in [0.1, 0.15) is 19.3 Å². The molecular weight excluding hydrogens is 292 g/mol. The zero-order chi connectivity index (χ0) is 15.9. The van der Waals surface area contributed by atoms with E-state index in [9.17, 15) is 4.79 Å². The number of hydrogen-bond donors (Lipinski definition) is 0. The predicted octanol–water partition coefficient (Wildman–Crippen LogP) is 1.78. The van der Waals surface area contributed by atoms with Gasteiger partial charge in [-0.3, -0.25) is 9.69 Å². The first-order valence-electron chi connectivity index (χ1n) is 8.61. The molecule has 5 nitrogen and oxygen atoms in total. The number of amides is 1. The molecule has 1 aromatic carbocycles. The summed E-state index contributed by atoms with van der Waals surface area (Å²) in [5.41, 5.74) is 0. The van der Waals surface area contributed by atoms with Gasteiger partial charge in [-0.15, -0.1) is 0 Å². The highest BCUT2D eigenvalue weighted by molar-refractivity contribution is 5.76. The van der Waals surface area contributed by atoms with Gasteiger partial charge in [0, 0.05) is 39.3 Å². The minimum absolute atomic E-state index is 0.192. The van der Waals surface area contributed by atoms with E-state index in [0.717, 1.165) is 45.1 Å². The summed E-state index contributed by atoms with van der Waals surface area (Å²) in [5, 5.41) is 0. The number of ether oxygens (including phenoxy) is 2. The summed E-state index contributed by atoms with van der Waals surface area (Å²) in [4.78, 5) is 16.6. The van der Waals surface area contributed by atoms with Gasteiger partial charge in [-0.25, -0.2) is 0 Å². The molecule has 2 saturated heterocycles. The summed E-state index contributed by atoms with van der Waals surface area (Å²) in [6.07, 6.45) is 3.21. The highest BCUT2D eigenvalue weighted by atomic mass is 16.5. The molecule has 0 bridgehead atoms. The van der Waals surface area contributed by atoms with Crippen molar-refractivity contribution in [1.29, 1.82) is 0 Å². The fraction of sp³-hybridized carbons (Fsp3) is 0.611. The predicted molar refractivity (Wildman–Crippen MR) is 88.5 cm³/mol. The molecule has 1 aromatic rings. The fourth-order valence-corrected chi connectivity index (χ4v) is 3.19. The van der Waals surface area contributed by atoms with E-state index in [1.807, 2.05) is 35.2 Å². The Hall–Kier alpha value is -1.59. The van der Waals surface area contributed by atoms with Gasteiger partial charge in [-0.1, -0.05) is 18.2 Å². The molecule has 2 heterocycles. The summed E-state index contributed by atoms with van der Waals surface area (Å²) in [6, 6.07) is 9.64. The molecule has 23 heavy (non-hydrogen) atoms. The molecule has 0 N–H and O–H groups in total. The van der Waals surface area contributed by atoms with Crippen molar-refractivity contribution in [1.82, 2.24) is 9.80 Å². The molecule has 126 valence electrons. The molecule has 1 unspecified atom stereocenters. The lowest BCUT2D eigenvalue weighted by atomic mass is 10.2. The number of carbonyl (C=O) groups excluding carboxylic acids is 1. The Bertz CT molecular complexity index is 480. The number of hydrogen-bond acceptors (Lipinski definition) is 4. The van der Waals surface area contributed by atoms with Crippen LogP contribution < -0.4 is 4.74 Å². The molecule has 5 heteroatoms. The van der Waals surface area contributed by atoms with Crippen molar-refractivity contribution in [2.45, 2.75) is 25.4 Å². The van der Waals surface area contributed by atoms with E-state index in [2.05, 4.69) is 4.90 Å². The van der Waals surface area contributed by atoms with E-state index in [1.165, 1.54) is 12.8 Å². The molecule has 2 aliphatic rings. The summed E-state index contributed by atoms with van der Waals surface area (Å²) in [7, 11) is 0. The molecule has 0 aliphatic carbocycles. The maximum Gasteiger partial charge on any atom is 0.226 e. The molecule has 2 aliphatic heterocycles. The lowest BCUT2D eigenvalue weighted by Gasteiger charge is -2.35. The van der Waals surface area contributed by atoms with Crippen LogP contribution in [0.2, 0.25) is 0 Å². The number of para-hydroxylation sites is 1. The Balaban J connectivity index is 1.33. The smallest absolute Gasteiger partial charge is 0.226 e. The standard InChI is InChI=1S/C18H26N2O3/c21-18(8-14-23-16-5-2-1-3-6-16)20-11-9-19(10-12-20)15-17-7-4-13-22-17/h1-3,5-6,17H,4,7-15H2. The summed E-state index contributed by atoms with van der Waals surface area (Å²) < 4.78 is 11.3. The third kappa shape index (κ3) is 4.94. The number of carbonyl (C=O) groups is 1. The van der Waals surface area contributed by atoms with E-state index in [1.54, 1.807) is 0 Å². The fourth-order valence-electron chi connectivity index (χ4n) is 3.19. The largest absolute Gasteiger partial charge is 0.493 e. The van der Waals surface area contributed by atoms with Crippen LogP contribution in [-0.4, -0.2) is 67.7 Å². The third-order valence-electron chi connectivity index (χ3n) is 4.54. The Morgan fingerprint density at radius 1 is 1.17 bits per heavy atom. The molecule has 1 amide bonds. The zero-order valence-electron chi connectivity index (χ0n) is 13.7. The van der Waals surface area contributed by atoms with Crippen LogP contribution in [0, 0.1) is 0 Å². The molecule has 0 radical (unpaired) electrons. The van der Waals surface area contributed by atoms with Gasteiger partial charge < -0.3 is 14.4 Å². The quantitative estimate of drug-likeness (QED) is 0.802. The van der Waals surface area contributed by atoms with E-state index in [-0.39, 0.29) is 5.91 Å². The van der Waals surface area contributed by atoms with Crippen molar-refractivity contribution in [3.05, 3.63) is 30.3 Å². The topological polar surface area (TPSA) is 42.0 Å². The number of piperazine rings is 1. The first kappa shape index (κ1) is 16.3. The van der Waals surface area contributed by atoms with Gasteiger partial charge in [0.05, 0.1) is 19.1 Å². The molecule has 0 spiro atoms. The van der Waals surface area contributed by atoms with Crippen LogP contribution in [-0.2, 0) is 9.53 Å². The average molecular weight is 318 g/mol. The maximum atomic E-state index is 12.2. The second kappa shape index (κ2) is 8.31. The highest BCUT2D eigenvalue weighted by Crippen LogP contribution is 2.15. The first-order valence-corrected chi connectivity index (χ1v) is 8.61. The van der Waals surface area contributed by atoms with Crippen molar-refractivity contribution in [3.63, 3.8) is 0 Å². The van der Waals surface area contributed by atoms with Crippen molar-refractivity contribution in [2.24, 2.45) is 0 Å². The van der Waals surface area contributed by atoms with Crippen LogP contribution in [0.5, 0.6) is 5.75 Å². The second-order valence-corrected chi connectivity index (χ2v) is 6.23. The SMILES string of the molecule is O=C(CCOc1ccccc1)N1CCN(CC2CCCO2)CC1. The molecule has 0 aromatic heterocycles. The average Bonchev–Trinajstić information content (AvgIpc) is 3.09. The first-order chi connectivity index (χ1) is 11.3.